The van der Waals surface area contributed by atoms with Crippen molar-refractivity contribution in [3.63, 3.8) is 0 Å². The van der Waals surface area contributed by atoms with Gasteiger partial charge in [-0.15, -0.1) is 11.3 Å². The Labute approximate surface area is 169 Å². The maximum absolute atomic E-state index is 12.1. The first-order chi connectivity index (χ1) is 13.3. The quantitative estimate of drug-likeness (QED) is 0.574. The second kappa shape index (κ2) is 8.49. The molecule has 0 saturated heterocycles. The Hall–Kier alpha value is -2.78. The Morgan fingerprint density at radius 3 is 2.64 bits per heavy atom. The van der Waals surface area contributed by atoms with Crippen LogP contribution in [0.15, 0.2) is 39.8 Å². The topological polar surface area (TPSA) is 81.5 Å². The van der Waals surface area contributed by atoms with Crippen molar-refractivity contribution in [2.24, 2.45) is 0 Å². The van der Waals surface area contributed by atoms with Crippen molar-refractivity contribution in [2.75, 3.05) is 4.90 Å². The van der Waals surface area contributed by atoms with Crippen molar-refractivity contribution < 1.29 is 14.3 Å². The van der Waals surface area contributed by atoms with E-state index in [0.29, 0.717) is 10.8 Å². The smallest absolute Gasteiger partial charge is 0.326 e. The molecule has 0 aliphatic heterocycles. The van der Waals surface area contributed by atoms with E-state index in [1.54, 1.807) is 17.7 Å². The first-order valence-electron chi connectivity index (χ1n) is 8.47. The van der Waals surface area contributed by atoms with Gasteiger partial charge < -0.3 is 4.74 Å². The molecule has 1 aromatic carbocycles. The van der Waals surface area contributed by atoms with E-state index in [1.807, 2.05) is 31.2 Å². The van der Waals surface area contributed by atoms with E-state index in [2.05, 4.69) is 4.98 Å². The number of rotatable bonds is 6. The van der Waals surface area contributed by atoms with Crippen LogP contribution in [-0.4, -0.2) is 21.4 Å². The van der Waals surface area contributed by atoms with Crippen LogP contribution in [0.2, 0.25) is 0 Å². The number of carbonyl (C=O) groups excluding carboxylic acids is 2. The number of esters is 1. The van der Waals surface area contributed by atoms with Gasteiger partial charge >= 0.3 is 10.8 Å². The lowest BCUT2D eigenvalue weighted by Crippen LogP contribution is -2.23. The molecule has 0 aliphatic rings. The average Bonchev–Trinajstić information content (AvgIpc) is 3.22. The number of anilines is 2. The summed E-state index contributed by atoms with van der Waals surface area (Å²) in [6, 6.07) is 7.58. The molecule has 0 aliphatic carbocycles. The summed E-state index contributed by atoms with van der Waals surface area (Å²) in [6.07, 6.45) is 0. The van der Waals surface area contributed by atoms with Crippen molar-refractivity contribution in [3.8, 4) is 0 Å². The van der Waals surface area contributed by atoms with Gasteiger partial charge in [-0.05, 0) is 31.5 Å². The van der Waals surface area contributed by atoms with Gasteiger partial charge in [0.25, 0.3) is 0 Å². The highest BCUT2D eigenvalue weighted by molar-refractivity contribution is 7.14. The molecule has 0 saturated carbocycles. The molecule has 0 bridgehead atoms. The highest BCUT2D eigenvalue weighted by atomic mass is 32.1. The maximum Gasteiger partial charge on any atom is 0.326 e. The predicted molar refractivity (Wildman–Crippen MR) is 109 cm³/mol. The van der Waals surface area contributed by atoms with Crippen LogP contribution in [0.4, 0.5) is 10.8 Å². The zero-order valence-corrected chi connectivity index (χ0v) is 17.3. The number of hydrogen-bond donors (Lipinski definition) is 0. The summed E-state index contributed by atoms with van der Waals surface area (Å²) in [5.41, 5.74) is 3.03. The highest BCUT2D eigenvalue weighted by Gasteiger charge is 2.18. The minimum Gasteiger partial charge on any atom is -0.458 e. The summed E-state index contributed by atoms with van der Waals surface area (Å²) in [5, 5.41) is 3.95. The van der Waals surface area contributed by atoms with Gasteiger partial charge in [0.15, 0.2) is 5.13 Å². The molecule has 0 fully saturated rings. The largest absolute Gasteiger partial charge is 0.458 e. The van der Waals surface area contributed by atoms with E-state index in [4.69, 9.17) is 4.74 Å². The number of benzene rings is 1. The number of nitrogens with zero attached hydrogens (tertiary/aromatic N) is 3. The number of thiazole rings is 2. The SMILES string of the molecule is CC(=O)N(c1cccc(C)c1)c1nc(COC(=O)Cn2c(C)csc2=O)cs1. The van der Waals surface area contributed by atoms with Crippen molar-refractivity contribution in [1.29, 1.82) is 0 Å². The minimum atomic E-state index is -0.514. The minimum absolute atomic E-state index is 0.0210. The van der Waals surface area contributed by atoms with Gasteiger partial charge in [-0.2, -0.15) is 0 Å². The molecule has 0 atom stereocenters. The molecule has 0 spiro atoms. The van der Waals surface area contributed by atoms with E-state index in [-0.39, 0.29) is 23.9 Å². The Balaban J connectivity index is 1.68. The van der Waals surface area contributed by atoms with E-state index >= 15 is 0 Å². The molecule has 7 nitrogen and oxygen atoms in total. The number of aromatic nitrogens is 2. The van der Waals surface area contributed by atoms with Crippen LogP contribution in [0.25, 0.3) is 0 Å². The van der Waals surface area contributed by atoms with Crippen LogP contribution in [0.1, 0.15) is 23.9 Å². The molecule has 0 N–H and O–H groups in total. The lowest BCUT2D eigenvalue weighted by molar-refractivity contribution is -0.145. The standard InChI is InChI=1S/C19H19N3O4S2/c1-12-5-4-6-16(7-12)22(14(3)23)18-20-15(11-27-18)9-26-17(24)8-21-13(2)10-28-19(21)25/h4-7,10-11H,8-9H2,1-3H3. The lowest BCUT2D eigenvalue weighted by Gasteiger charge is -2.18. The molecule has 28 heavy (non-hydrogen) atoms. The van der Waals surface area contributed by atoms with E-state index in [0.717, 1.165) is 28.3 Å². The summed E-state index contributed by atoms with van der Waals surface area (Å²) in [5.74, 6) is -0.670. The van der Waals surface area contributed by atoms with Gasteiger partial charge in [-0.25, -0.2) is 4.98 Å². The second-order valence-corrected chi connectivity index (χ2v) is 7.86. The van der Waals surface area contributed by atoms with Crippen LogP contribution in [0.3, 0.4) is 0 Å². The molecular weight excluding hydrogens is 398 g/mol. The van der Waals surface area contributed by atoms with Crippen molar-refractivity contribution in [3.05, 3.63) is 61.6 Å². The molecule has 3 aromatic rings. The Morgan fingerprint density at radius 1 is 1.21 bits per heavy atom. The fraction of sp³-hybridized carbons (Fsp3) is 0.263. The van der Waals surface area contributed by atoms with E-state index in [1.165, 1.54) is 27.7 Å². The molecule has 146 valence electrons. The van der Waals surface area contributed by atoms with Crippen molar-refractivity contribution in [2.45, 2.75) is 33.9 Å². The average molecular weight is 418 g/mol. The van der Waals surface area contributed by atoms with E-state index in [9.17, 15) is 14.4 Å². The molecule has 0 radical (unpaired) electrons. The van der Waals surface area contributed by atoms with Crippen LogP contribution < -0.4 is 9.77 Å². The highest BCUT2D eigenvalue weighted by Crippen LogP contribution is 2.29. The normalized spacial score (nSPS) is 10.7. The zero-order valence-electron chi connectivity index (χ0n) is 15.7. The number of aryl methyl sites for hydroxylation is 2. The summed E-state index contributed by atoms with van der Waals surface area (Å²) < 4.78 is 6.61. The van der Waals surface area contributed by atoms with Gasteiger partial charge in [0, 0.05) is 23.4 Å². The summed E-state index contributed by atoms with van der Waals surface area (Å²) in [4.78, 5) is 41.6. The number of amides is 1. The monoisotopic (exact) mass is 417 g/mol. The molecule has 3 rings (SSSR count). The third-order valence-electron chi connectivity index (χ3n) is 3.95. The van der Waals surface area contributed by atoms with Gasteiger partial charge in [-0.1, -0.05) is 23.5 Å². The summed E-state index contributed by atoms with van der Waals surface area (Å²) >= 11 is 2.34. The summed E-state index contributed by atoms with van der Waals surface area (Å²) in [6.45, 7) is 5.04. The van der Waals surface area contributed by atoms with Crippen LogP contribution in [-0.2, 0) is 27.5 Å². The lowest BCUT2D eigenvalue weighted by atomic mass is 10.2. The first-order valence-corrected chi connectivity index (χ1v) is 10.2. The molecule has 9 heteroatoms. The fourth-order valence-electron chi connectivity index (χ4n) is 2.58. The van der Waals surface area contributed by atoms with Crippen molar-refractivity contribution >= 4 is 45.4 Å². The Bertz CT molecular complexity index is 1070. The molecule has 2 aromatic heterocycles. The fourth-order valence-corrected chi connectivity index (χ4v) is 4.19. The number of hydrogen-bond acceptors (Lipinski definition) is 7. The molecule has 1 amide bonds. The predicted octanol–water partition coefficient (Wildman–Crippen LogP) is 3.41. The second-order valence-electron chi connectivity index (χ2n) is 6.20. The maximum atomic E-state index is 12.1. The number of ether oxygens (including phenoxy) is 1. The van der Waals surface area contributed by atoms with Gasteiger partial charge in [-0.3, -0.25) is 23.9 Å². The molecular formula is C19H19N3O4S2. The Kier molecular flexibility index (Phi) is 6.05. The van der Waals surface area contributed by atoms with Gasteiger partial charge in [0.1, 0.15) is 13.2 Å². The third-order valence-corrected chi connectivity index (χ3v) is 5.71. The van der Waals surface area contributed by atoms with Crippen molar-refractivity contribution in [1.82, 2.24) is 9.55 Å². The zero-order chi connectivity index (χ0) is 20.3. The first kappa shape index (κ1) is 20.0. The summed E-state index contributed by atoms with van der Waals surface area (Å²) in [7, 11) is 0. The number of carbonyl (C=O) groups is 2. The van der Waals surface area contributed by atoms with Gasteiger partial charge in [0.05, 0.1) is 11.4 Å². The third kappa shape index (κ3) is 4.55. The Morgan fingerprint density at radius 2 is 2.00 bits per heavy atom. The van der Waals surface area contributed by atoms with Crippen LogP contribution >= 0.6 is 22.7 Å². The van der Waals surface area contributed by atoms with Crippen LogP contribution in [0.5, 0.6) is 0 Å². The van der Waals surface area contributed by atoms with Crippen LogP contribution in [0, 0.1) is 13.8 Å². The molecule has 0 unspecified atom stereocenters. The van der Waals surface area contributed by atoms with Gasteiger partial charge in [0.2, 0.25) is 5.91 Å². The molecule has 2 heterocycles. The van der Waals surface area contributed by atoms with E-state index < -0.39 is 5.97 Å².